The molecule has 1 aromatic carbocycles. The lowest BCUT2D eigenvalue weighted by atomic mass is 10.0. The van der Waals surface area contributed by atoms with E-state index in [0.29, 0.717) is 47.5 Å². The predicted octanol–water partition coefficient (Wildman–Crippen LogP) is 4.54. The van der Waals surface area contributed by atoms with Gasteiger partial charge in [0.05, 0.1) is 36.8 Å². The largest absolute Gasteiger partial charge is 0.494 e. The summed E-state index contributed by atoms with van der Waals surface area (Å²) >= 11 is 0. The van der Waals surface area contributed by atoms with Gasteiger partial charge in [0, 0.05) is 68.7 Å². The van der Waals surface area contributed by atoms with Gasteiger partial charge in [0.15, 0.2) is 5.82 Å². The maximum Gasteiger partial charge on any atom is 0.247 e. The number of likely N-dealkylation sites (tertiary alicyclic amines) is 1. The highest BCUT2D eigenvalue weighted by atomic mass is 16.7. The third kappa shape index (κ3) is 6.93. The fourth-order valence-corrected chi connectivity index (χ4v) is 6.72. The van der Waals surface area contributed by atoms with Crippen LogP contribution in [0, 0.1) is 6.92 Å². The zero-order valence-corrected chi connectivity index (χ0v) is 27.3. The number of piperidine rings is 1. The minimum absolute atomic E-state index is 0.00518. The Bertz CT molecular complexity index is 1520. The van der Waals surface area contributed by atoms with Crippen molar-refractivity contribution in [2.75, 3.05) is 74.6 Å². The van der Waals surface area contributed by atoms with Crippen molar-refractivity contribution >= 4 is 34.6 Å². The summed E-state index contributed by atoms with van der Waals surface area (Å²) in [4.78, 5) is 39.3. The first-order valence-corrected chi connectivity index (χ1v) is 16.1. The van der Waals surface area contributed by atoms with Crippen LogP contribution in [-0.2, 0) is 9.63 Å². The quantitative estimate of drug-likeness (QED) is 0.309. The lowest BCUT2D eigenvalue weighted by molar-refractivity contribution is -0.111. The van der Waals surface area contributed by atoms with Gasteiger partial charge in [-0.05, 0) is 64.1 Å². The van der Waals surface area contributed by atoms with E-state index < -0.39 is 0 Å². The Balaban J connectivity index is 1.21. The Morgan fingerprint density at radius 2 is 1.89 bits per heavy atom. The number of nitrogens with zero attached hydrogens (tertiary/aromatic N) is 7. The molecule has 2 atom stereocenters. The Morgan fingerprint density at radius 1 is 1.07 bits per heavy atom. The number of benzene rings is 1. The summed E-state index contributed by atoms with van der Waals surface area (Å²) in [6, 6.07) is 11.0. The number of pyridine rings is 1. The second-order valence-corrected chi connectivity index (χ2v) is 12.5. The summed E-state index contributed by atoms with van der Waals surface area (Å²) in [6.07, 6.45) is 8.87. The van der Waals surface area contributed by atoms with Gasteiger partial charge in [-0.2, -0.15) is 0 Å². The topological polar surface area (TPSA) is 111 Å². The number of aryl methyl sites for hydroxylation is 1. The Labute approximate surface area is 271 Å². The van der Waals surface area contributed by atoms with Crippen molar-refractivity contribution in [3.63, 3.8) is 0 Å². The van der Waals surface area contributed by atoms with Crippen LogP contribution in [0.3, 0.4) is 0 Å². The van der Waals surface area contributed by atoms with Crippen LogP contribution in [0.25, 0.3) is 0 Å². The molecule has 6 rings (SSSR count). The predicted molar refractivity (Wildman–Crippen MR) is 181 cm³/mol. The SMILES string of the molecule is C=CC(=O)Nc1cc(Nc2cc(N3OCCC3c3ccc(C)nc3)ncn2)c(OC)cc1N1CCC(N2CCC(N(C)C)C2)CC1. The molecule has 12 heteroatoms. The molecule has 2 N–H and O–H groups in total. The van der Waals surface area contributed by atoms with E-state index in [4.69, 9.17) is 9.57 Å². The van der Waals surface area contributed by atoms with Crippen molar-refractivity contribution in [2.45, 2.75) is 50.7 Å². The van der Waals surface area contributed by atoms with Crippen LogP contribution in [0.2, 0.25) is 0 Å². The number of rotatable bonds is 10. The zero-order valence-electron chi connectivity index (χ0n) is 27.3. The molecule has 1 amide bonds. The minimum Gasteiger partial charge on any atom is -0.494 e. The van der Waals surface area contributed by atoms with Gasteiger partial charge in [0.25, 0.3) is 0 Å². The zero-order chi connectivity index (χ0) is 32.2. The molecular formula is C34H45N9O3. The molecule has 3 aliphatic rings. The van der Waals surface area contributed by atoms with E-state index in [1.807, 2.05) is 42.4 Å². The lowest BCUT2D eigenvalue weighted by Gasteiger charge is -2.39. The van der Waals surface area contributed by atoms with Crippen LogP contribution in [0.5, 0.6) is 5.75 Å². The van der Waals surface area contributed by atoms with Crippen molar-refractivity contribution in [3.05, 3.63) is 66.8 Å². The van der Waals surface area contributed by atoms with Gasteiger partial charge in [-0.3, -0.25) is 19.5 Å². The maximum atomic E-state index is 12.6. The van der Waals surface area contributed by atoms with Gasteiger partial charge in [0.1, 0.15) is 17.9 Å². The lowest BCUT2D eigenvalue weighted by Crippen LogP contribution is -2.45. The van der Waals surface area contributed by atoms with Crippen molar-refractivity contribution in [1.29, 1.82) is 0 Å². The fourth-order valence-electron chi connectivity index (χ4n) is 6.72. The number of ether oxygens (including phenoxy) is 1. The molecule has 12 nitrogen and oxygen atoms in total. The summed E-state index contributed by atoms with van der Waals surface area (Å²) < 4.78 is 5.87. The number of anilines is 5. The highest BCUT2D eigenvalue weighted by molar-refractivity contribution is 6.02. The number of carbonyl (C=O) groups is 1. The number of carbonyl (C=O) groups excluding carboxylic acids is 1. The van der Waals surface area contributed by atoms with Crippen molar-refractivity contribution in [1.82, 2.24) is 24.8 Å². The second-order valence-electron chi connectivity index (χ2n) is 12.5. The van der Waals surface area contributed by atoms with E-state index in [2.05, 4.69) is 67.0 Å². The molecule has 3 saturated heterocycles. The molecule has 0 spiro atoms. The molecule has 244 valence electrons. The van der Waals surface area contributed by atoms with Crippen LogP contribution in [0.4, 0.5) is 28.7 Å². The van der Waals surface area contributed by atoms with Crippen LogP contribution in [-0.4, -0.2) is 96.7 Å². The second kappa shape index (κ2) is 14.0. The van der Waals surface area contributed by atoms with Crippen molar-refractivity contribution in [3.8, 4) is 5.75 Å². The summed E-state index contributed by atoms with van der Waals surface area (Å²) in [5, 5.41) is 8.24. The van der Waals surface area contributed by atoms with E-state index in [1.54, 1.807) is 7.11 Å². The number of amides is 1. The molecule has 3 aliphatic heterocycles. The third-order valence-corrected chi connectivity index (χ3v) is 9.37. The average Bonchev–Trinajstić information content (AvgIpc) is 3.77. The molecule has 0 bridgehead atoms. The van der Waals surface area contributed by atoms with Crippen LogP contribution >= 0.6 is 0 Å². The number of hydrogen-bond acceptors (Lipinski definition) is 11. The van der Waals surface area contributed by atoms with E-state index in [1.165, 1.54) is 18.8 Å². The Hall–Kier alpha value is -4.26. The Morgan fingerprint density at radius 3 is 2.59 bits per heavy atom. The first kappa shape index (κ1) is 31.7. The van der Waals surface area contributed by atoms with Crippen LogP contribution < -0.4 is 25.3 Å². The summed E-state index contributed by atoms with van der Waals surface area (Å²) in [5.74, 6) is 1.57. The molecule has 46 heavy (non-hydrogen) atoms. The first-order valence-electron chi connectivity index (χ1n) is 16.1. The molecule has 2 unspecified atom stereocenters. The van der Waals surface area contributed by atoms with Gasteiger partial charge < -0.3 is 25.2 Å². The van der Waals surface area contributed by atoms with E-state index in [0.717, 1.165) is 62.4 Å². The number of nitrogens with one attached hydrogen (secondary N) is 2. The number of hydrogen-bond donors (Lipinski definition) is 2. The smallest absolute Gasteiger partial charge is 0.247 e. The monoisotopic (exact) mass is 627 g/mol. The summed E-state index contributed by atoms with van der Waals surface area (Å²) in [6.45, 7) is 10.3. The van der Waals surface area contributed by atoms with Crippen molar-refractivity contribution < 1.29 is 14.4 Å². The standard InChI is InChI=1S/C34H45N9O3/c1-6-34(44)39-27-17-28(31(45-5)18-30(27)41-13-9-25(10-14-41)42-15-11-26(21-42)40(3)4)38-32-19-33(37-22-36-32)43-29(12-16-46-43)24-8-7-23(2)35-20-24/h6-8,17-20,22,25-26,29H,1,9-16,21H2,2-5H3,(H,39,44)(H,36,37,38). The van der Waals surface area contributed by atoms with Crippen LogP contribution in [0.1, 0.15) is 43.0 Å². The van der Waals surface area contributed by atoms with Gasteiger partial charge in [-0.1, -0.05) is 12.6 Å². The van der Waals surface area contributed by atoms with E-state index in [-0.39, 0.29) is 11.9 Å². The number of likely N-dealkylation sites (N-methyl/N-ethyl adjacent to an activating group) is 1. The Kier molecular flexibility index (Phi) is 9.67. The van der Waals surface area contributed by atoms with Gasteiger partial charge >= 0.3 is 0 Å². The van der Waals surface area contributed by atoms with Gasteiger partial charge in [-0.25, -0.2) is 15.0 Å². The minimum atomic E-state index is -0.272. The molecular weight excluding hydrogens is 582 g/mol. The molecule has 2 aromatic heterocycles. The number of methoxy groups -OCH3 is 1. The van der Waals surface area contributed by atoms with Crippen molar-refractivity contribution in [2.24, 2.45) is 0 Å². The number of aromatic nitrogens is 3. The molecule has 5 heterocycles. The maximum absolute atomic E-state index is 12.6. The molecule has 0 saturated carbocycles. The highest BCUT2D eigenvalue weighted by Crippen LogP contribution is 2.40. The first-order chi connectivity index (χ1) is 22.3. The van der Waals surface area contributed by atoms with E-state index in [9.17, 15) is 4.79 Å². The molecule has 3 aromatic rings. The molecule has 3 fully saturated rings. The summed E-state index contributed by atoms with van der Waals surface area (Å²) in [7, 11) is 6.00. The molecule has 0 radical (unpaired) electrons. The van der Waals surface area contributed by atoms with Gasteiger partial charge in [-0.15, -0.1) is 0 Å². The van der Waals surface area contributed by atoms with Crippen LogP contribution in [0.15, 0.2) is 55.5 Å². The third-order valence-electron chi connectivity index (χ3n) is 9.37. The summed E-state index contributed by atoms with van der Waals surface area (Å²) in [5.41, 5.74) is 4.31. The number of hydroxylamine groups is 1. The fraction of sp³-hybridized carbons (Fsp3) is 0.471. The molecule has 0 aliphatic carbocycles. The van der Waals surface area contributed by atoms with E-state index >= 15 is 0 Å². The average molecular weight is 628 g/mol. The van der Waals surface area contributed by atoms with Gasteiger partial charge in [0.2, 0.25) is 5.91 Å². The normalized spacial score (nSPS) is 20.7. The highest BCUT2D eigenvalue weighted by Gasteiger charge is 2.33.